The number of carbonyl (C=O) groups is 3. The Balaban J connectivity index is 4.17. The van der Waals surface area contributed by atoms with E-state index in [0.29, 0.717) is 19.3 Å². The molecule has 0 radical (unpaired) electrons. The SMILES string of the molecule is CC/C=C\C/C=C\C/C=C\C/C=C\C/C=C\C/C=C\C/C=C\C/C=C\C/C=C\CCCCCCCC(=O)OCC(COC(=O)CCCCCCCC)OC(=O)CCCCCCCCCCCC/C=C\C/C=C\C/C=C\CCCCCCC. The van der Waals surface area contributed by atoms with E-state index >= 15 is 0 Å². The minimum Gasteiger partial charge on any atom is -0.462 e. The molecule has 0 aliphatic rings. The van der Waals surface area contributed by atoms with Crippen LogP contribution in [0, 0.1) is 0 Å². The molecule has 0 aromatic carbocycles. The maximum absolute atomic E-state index is 12.9. The first-order valence-corrected chi connectivity index (χ1v) is 33.8. The molecule has 0 spiro atoms. The van der Waals surface area contributed by atoms with E-state index in [2.05, 4.69) is 167 Å². The van der Waals surface area contributed by atoms with Gasteiger partial charge in [0.15, 0.2) is 6.10 Å². The van der Waals surface area contributed by atoms with Gasteiger partial charge in [-0.3, -0.25) is 14.4 Å². The number of allylic oxidation sites excluding steroid dienone is 24. The van der Waals surface area contributed by atoms with Crippen LogP contribution in [0.4, 0.5) is 0 Å². The molecule has 0 aromatic heterocycles. The fourth-order valence-corrected chi connectivity index (χ4v) is 9.03. The maximum Gasteiger partial charge on any atom is 0.306 e. The van der Waals surface area contributed by atoms with Crippen LogP contribution in [-0.4, -0.2) is 37.2 Å². The molecule has 0 amide bonds. The van der Waals surface area contributed by atoms with Gasteiger partial charge in [-0.25, -0.2) is 0 Å². The smallest absolute Gasteiger partial charge is 0.306 e. The highest BCUT2D eigenvalue weighted by atomic mass is 16.6. The molecule has 0 aliphatic heterocycles. The number of unbranched alkanes of at least 4 members (excludes halogenated alkanes) is 25. The predicted molar refractivity (Wildman–Crippen MR) is 357 cm³/mol. The Morgan fingerprint density at radius 2 is 0.476 bits per heavy atom. The Kier molecular flexibility index (Phi) is 64.8. The number of esters is 3. The molecule has 1 unspecified atom stereocenters. The fourth-order valence-electron chi connectivity index (χ4n) is 9.03. The average Bonchev–Trinajstić information content (AvgIpc) is 3.47. The number of rotatable bonds is 60. The molecule has 0 aliphatic carbocycles. The van der Waals surface area contributed by atoms with Gasteiger partial charge >= 0.3 is 17.9 Å². The fraction of sp³-hybridized carbons (Fsp3) is 0.645. The van der Waals surface area contributed by atoms with Crippen molar-refractivity contribution in [2.24, 2.45) is 0 Å². The van der Waals surface area contributed by atoms with Crippen molar-refractivity contribution in [3.63, 3.8) is 0 Å². The minimum atomic E-state index is -0.791. The summed E-state index contributed by atoms with van der Waals surface area (Å²) in [6.45, 7) is 6.44. The van der Waals surface area contributed by atoms with Gasteiger partial charge in [0, 0.05) is 19.3 Å². The molecule has 6 heteroatoms. The second-order valence-corrected chi connectivity index (χ2v) is 22.0. The van der Waals surface area contributed by atoms with E-state index in [1.165, 1.54) is 109 Å². The van der Waals surface area contributed by atoms with Crippen LogP contribution in [0.3, 0.4) is 0 Å². The first-order valence-electron chi connectivity index (χ1n) is 33.8. The highest BCUT2D eigenvalue weighted by Crippen LogP contribution is 2.15. The van der Waals surface area contributed by atoms with Gasteiger partial charge in [0.1, 0.15) is 13.2 Å². The highest BCUT2D eigenvalue weighted by molar-refractivity contribution is 5.71. The van der Waals surface area contributed by atoms with Crippen LogP contribution in [0.25, 0.3) is 0 Å². The summed E-state index contributed by atoms with van der Waals surface area (Å²) in [7, 11) is 0. The second-order valence-electron chi connectivity index (χ2n) is 22.0. The normalized spacial score (nSPS) is 13.1. The molecule has 0 saturated carbocycles. The van der Waals surface area contributed by atoms with Gasteiger partial charge in [0.05, 0.1) is 0 Å². The van der Waals surface area contributed by atoms with Crippen LogP contribution in [0.15, 0.2) is 146 Å². The van der Waals surface area contributed by atoms with Crippen LogP contribution < -0.4 is 0 Å². The van der Waals surface area contributed by atoms with Crippen LogP contribution in [-0.2, 0) is 28.6 Å². The molecule has 6 nitrogen and oxygen atoms in total. The van der Waals surface area contributed by atoms with Gasteiger partial charge in [-0.1, -0.05) is 295 Å². The van der Waals surface area contributed by atoms with Gasteiger partial charge in [-0.05, 0) is 128 Å². The van der Waals surface area contributed by atoms with Crippen LogP contribution >= 0.6 is 0 Å². The molecule has 0 bridgehead atoms. The number of hydrogen-bond acceptors (Lipinski definition) is 6. The van der Waals surface area contributed by atoms with E-state index in [1.54, 1.807) is 0 Å². The first-order chi connectivity index (χ1) is 40.5. The lowest BCUT2D eigenvalue weighted by Gasteiger charge is -2.18. The van der Waals surface area contributed by atoms with Gasteiger partial charge < -0.3 is 14.2 Å². The van der Waals surface area contributed by atoms with Crippen LogP contribution in [0.5, 0.6) is 0 Å². The van der Waals surface area contributed by atoms with Crippen molar-refractivity contribution in [3.05, 3.63) is 146 Å². The zero-order valence-electron chi connectivity index (χ0n) is 53.2. The summed E-state index contributed by atoms with van der Waals surface area (Å²) in [5, 5.41) is 0. The Labute approximate surface area is 506 Å². The van der Waals surface area contributed by atoms with Crippen molar-refractivity contribution in [1.82, 2.24) is 0 Å². The third kappa shape index (κ3) is 66.1. The maximum atomic E-state index is 12.9. The van der Waals surface area contributed by atoms with Gasteiger partial charge in [0.2, 0.25) is 0 Å². The number of ether oxygens (including phenoxy) is 3. The van der Waals surface area contributed by atoms with Gasteiger partial charge in [-0.15, -0.1) is 0 Å². The monoisotopic (exact) mass is 1130 g/mol. The molecule has 0 rings (SSSR count). The van der Waals surface area contributed by atoms with Crippen molar-refractivity contribution in [2.75, 3.05) is 13.2 Å². The zero-order chi connectivity index (χ0) is 59.2. The molecule has 464 valence electrons. The van der Waals surface area contributed by atoms with E-state index in [0.717, 1.165) is 148 Å². The number of hydrogen-bond donors (Lipinski definition) is 0. The summed E-state index contributed by atoms with van der Waals surface area (Å²) in [5.41, 5.74) is 0. The second kappa shape index (κ2) is 68.8. The van der Waals surface area contributed by atoms with Gasteiger partial charge in [0.25, 0.3) is 0 Å². The third-order valence-electron chi connectivity index (χ3n) is 14.1. The summed E-state index contributed by atoms with van der Waals surface area (Å²) in [4.78, 5) is 38.1. The summed E-state index contributed by atoms with van der Waals surface area (Å²) in [6, 6.07) is 0. The molecule has 1 atom stereocenters. The van der Waals surface area contributed by atoms with Crippen molar-refractivity contribution in [2.45, 2.75) is 303 Å². The predicted octanol–water partition coefficient (Wildman–Crippen LogP) is 23.5. The van der Waals surface area contributed by atoms with E-state index in [1.807, 2.05) is 0 Å². The Bertz CT molecular complexity index is 1780. The summed E-state index contributed by atoms with van der Waals surface area (Å²) in [6.07, 6.45) is 98.9. The molecule has 0 aromatic rings. The quantitative estimate of drug-likeness (QED) is 0.0261. The Morgan fingerprint density at radius 1 is 0.256 bits per heavy atom. The van der Waals surface area contributed by atoms with E-state index < -0.39 is 6.10 Å². The molecule has 82 heavy (non-hydrogen) atoms. The molecule has 0 fully saturated rings. The van der Waals surface area contributed by atoms with E-state index in [-0.39, 0.29) is 31.1 Å². The van der Waals surface area contributed by atoms with E-state index in [9.17, 15) is 14.4 Å². The standard InChI is InChI=1S/C76H124O6/c1-4-7-10-13-16-18-20-22-24-26-28-30-32-34-35-36-37-38-39-40-41-43-44-46-48-50-52-54-56-58-60-63-66-69-75(78)81-72-73(71-80-74(77)68-65-62-15-12-9-6-3)82-76(79)70-67-64-61-59-57-55-53-51-49-47-45-42-33-31-29-27-25-23-21-19-17-14-11-8-5-2/h7,10,16,18,21-24,27-30,33-35,37-38,40-42,44,46,50,52,73H,4-6,8-9,11-15,17,19-20,25-26,31-32,36,39,43,45,47-49,51,53-72H2,1-3H3/b10-7-,18-16-,23-21-,24-22-,29-27-,30-28-,35-34-,38-37-,41-40-,42-33-,46-44-,52-50-. The Morgan fingerprint density at radius 3 is 0.744 bits per heavy atom. The molecular formula is C76H124O6. The van der Waals surface area contributed by atoms with Crippen molar-refractivity contribution >= 4 is 17.9 Å². The summed E-state index contributed by atoms with van der Waals surface area (Å²) in [5.74, 6) is -0.922. The Hall–Kier alpha value is -4.71. The average molecular weight is 1130 g/mol. The minimum absolute atomic E-state index is 0.0893. The first kappa shape index (κ1) is 77.3. The largest absolute Gasteiger partial charge is 0.462 e. The molecular weight excluding hydrogens is 1010 g/mol. The van der Waals surface area contributed by atoms with Crippen molar-refractivity contribution in [1.29, 1.82) is 0 Å². The van der Waals surface area contributed by atoms with E-state index in [4.69, 9.17) is 14.2 Å². The topological polar surface area (TPSA) is 78.9 Å². The van der Waals surface area contributed by atoms with Crippen molar-refractivity contribution in [3.8, 4) is 0 Å². The third-order valence-corrected chi connectivity index (χ3v) is 14.1. The zero-order valence-corrected chi connectivity index (χ0v) is 53.2. The summed E-state index contributed by atoms with van der Waals surface area (Å²) < 4.78 is 16.8. The molecule has 0 heterocycles. The lowest BCUT2D eigenvalue weighted by atomic mass is 10.0. The van der Waals surface area contributed by atoms with Crippen molar-refractivity contribution < 1.29 is 28.6 Å². The van der Waals surface area contributed by atoms with Gasteiger partial charge in [-0.2, -0.15) is 0 Å². The van der Waals surface area contributed by atoms with Crippen LogP contribution in [0.2, 0.25) is 0 Å². The highest BCUT2D eigenvalue weighted by Gasteiger charge is 2.19. The lowest BCUT2D eigenvalue weighted by Crippen LogP contribution is -2.30. The summed E-state index contributed by atoms with van der Waals surface area (Å²) >= 11 is 0. The lowest BCUT2D eigenvalue weighted by molar-refractivity contribution is -0.167. The molecule has 0 saturated heterocycles. The number of carbonyl (C=O) groups excluding carboxylic acids is 3. The molecule has 0 N–H and O–H groups in total. The van der Waals surface area contributed by atoms with Crippen LogP contribution in [0.1, 0.15) is 297 Å².